The predicted octanol–water partition coefficient (Wildman–Crippen LogP) is 0.0760. The van der Waals surface area contributed by atoms with Crippen LogP contribution in [0.5, 0.6) is 0 Å². The van der Waals surface area contributed by atoms with Gasteiger partial charge in [-0.15, -0.1) is 6.42 Å². The Morgan fingerprint density at radius 1 is 1.67 bits per heavy atom. The Balaban J connectivity index is 3.63. The molecule has 0 aliphatic heterocycles. The van der Waals surface area contributed by atoms with Crippen molar-refractivity contribution in [2.75, 3.05) is 20.1 Å². The van der Waals surface area contributed by atoms with Gasteiger partial charge in [0, 0.05) is 6.04 Å². The second-order valence-electron chi connectivity index (χ2n) is 3.10. The molecule has 0 bridgehead atoms. The van der Waals surface area contributed by atoms with E-state index in [1.807, 2.05) is 20.9 Å². The molecule has 0 aromatic carbocycles. The molecule has 0 radical (unpaired) electrons. The van der Waals surface area contributed by atoms with E-state index in [0.29, 0.717) is 13.1 Å². The van der Waals surface area contributed by atoms with Gasteiger partial charge in [0.15, 0.2) is 0 Å². The monoisotopic (exact) mass is 168 g/mol. The molecule has 1 N–H and O–H groups in total. The summed E-state index contributed by atoms with van der Waals surface area (Å²) in [5.41, 5.74) is 0. The van der Waals surface area contributed by atoms with Gasteiger partial charge in [-0.2, -0.15) is 0 Å². The smallest absolute Gasteiger partial charge is 0.234 e. The summed E-state index contributed by atoms with van der Waals surface area (Å²) in [5, 5.41) is 2.78. The van der Waals surface area contributed by atoms with Crippen molar-refractivity contribution in [3.8, 4) is 12.3 Å². The molecule has 3 heteroatoms. The van der Waals surface area contributed by atoms with Crippen molar-refractivity contribution in [3.63, 3.8) is 0 Å². The van der Waals surface area contributed by atoms with Gasteiger partial charge in [-0.1, -0.05) is 5.92 Å². The number of hydrogen-bond acceptors (Lipinski definition) is 2. The van der Waals surface area contributed by atoms with Gasteiger partial charge in [0.2, 0.25) is 5.91 Å². The molecular formula is C9H16N2O. The molecule has 0 spiro atoms. The van der Waals surface area contributed by atoms with Gasteiger partial charge < -0.3 is 5.32 Å². The molecule has 0 aromatic heterocycles. The Kier molecular flexibility index (Phi) is 5.14. The minimum absolute atomic E-state index is 0.0164. The molecule has 12 heavy (non-hydrogen) atoms. The Morgan fingerprint density at radius 3 is 2.67 bits per heavy atom. The van der Waals surface area contributed by atoms with Gasteiger partial charge in [0.05, 0.1) is 13.1 Å². The number of carbonyl (C=O) groups excluding carboxylic acids is 1. The maximum absolute atomic E-state index is 11.1. The molecule has 0 fully saturated rings. The van der Waals surface area contributed by atoms with E-state index >= 15 is 0 Å². The van der Waals surface area contributed by atoms with Crippen LogP contribution < -0.4 is 5.32 Å². The van der Waals surface area contributed by atoms with Crippen LogP contribution >= 0.6 is 0 Å². The third-order valence-electron chi connectivity index (χ3n) is 1.22. The zero-order valence-corrected chi connectivity index (χ0v) is 7.92. The van der Waals surface area contributed by atoms with E-state index < -0.39 is 0 Å². The average molecular weight is 168 g/mol. The summed E-state index contributed by atoms with van der Waals surface area (Å²) in [6, 6.07) is 0.191. The van der Waals surface area contributed by atoms with Gasteiger partial charge in [0.1, 0.15) is 0 Å². The average Bonchev–Trinajstić information content (AvgIpc) is 1.84. The zero-order chi connectivity index (χ0) is 9.56. The topological polar surface area (TPSA) is 32.3 Å². The van der Waals surface area contributed by atoms with Crippen molar-refractivity contribution in [1.82, 2.24) is 10.2 Å². The molecule has 0 aliphatic carbocycles. The lowest BCUT2D eigenvalue weighted by Crippen LogP contribution is -2.38. The molecule has 3 nitrogen and oxygen atoms in total. The molecule has 0 heterocycles. The molecule has 0 aliphatic rings. The summed E-state index contributed by atoms with van der Waals surface area (Å²) in [5.74, 6) is 2.49. The molecule has 68 valence electrons. The van der Waals surface area contributed by atoms with Crippen LogP contribution in [0.4, 0.5) is 0 Å². The van der Waals surface area contributed by atoms with E-state index in [9.17, 15) is 4.79 Å². The fourth-order valence-electron chi connectivity index (χ4n) is 0.825. The summed E-state index contributed by atoms with van der Waals surface area (Å²) in [6.45, 7) is 4.73. The molecule has 1 amide bonds. The van der Waals surface area contributed by atoms with E-state index in [2.05, 4.69) is 11.2 Å². The highest BCUT2D eigenvalue weighted by molar-refractivity contribution is 5.78. The summed E-state index contributed by atoms with van der Waals surface area (Å²) in [6.07, 6.45) is 5.08. The number of likely N-dealkylation sites (N-methyl/N-ethyl adjacent to an activating group) is 1. The Labute approximate surface area is 74.1 Å². The van der Waals surface area contributed by atoms with Crippen LogP contribution in [0, 0.1) is 12.3 Å². The lowest BCUT2D eigenvalue weighted by molar-refractivity contribution is -0.122. The highest BCUT2D eigenvalue weighted by Gasteiger charge is 2.05. The van der Waals surface area contributed by atoms with E-state index in [0.717, 1.165) is 0 Å². The first-order valence-electron chi connectivity index (χ1n) is 3.97. The molecule has 0 atom stereocenters. The number of carbonyl (C=O) groups is 1. The maximum atomic E-state index is 11.1. The molecule has 0 saturated heterocycles. The van der Waals surface area contributed by atoms with Gasteiger partial charge >= 0.3 is 0 Å². The van der Waals surface area contributed by atoms with E-state index in [1.54, 1.807) is 4.90 Å². The van der Waals surface area contributed by atoms with Crippen molar-refractivity contribution in [1.29, 1.82) is 0 Å². The summed E-state index contributed by atoms with van der Waals surface area (Å²) < 4.78 is 0. The van der Waals surface area contributed by atoms with Crippen LogP contribution in [0.1, 0.15) is 13.8 Å². The maximum Gasteiger partial charge on any atom is 0.234 e. The van der Waals surface area contributed by atoms with Gasteiger partial charge in [-0.05, 0) is 20.9 Å². The van der Waals surface area contributed by atoms with E-state index in [-0.39, 0.29) is 11.9 Å². The van der Waals surface area contributed by atoms with Crippen LogP contribution in [-0.2, 0) is 4.79 Å². The fraction of sp³-hybridized carbons (Fsp3) is 0.667. The normalized spacial score (nSPS) is 10.0. The Morgan fingerprint density at radius 2 is 2.25 bits per heavy atom. The predicted molar refractivity (Wildman–Crippen MR) is 49.6 cm³/mol. The quantitative estimate of drug-likeness (QED) is 0.603. The summed E-state index contributed by atoms with van der Waals surface area (Å²) >= 11 is 0. The van der Waals surface area contributed by atoms with Crippen LogP contribution in [0.3, 0.4) is 0 Å². The minimum atomic E-state index is 0.0164. The first-order valence-corrected chi connectivity index (χ1v) is 3.97. The Hall–Kier alpha value is -1.01. The van der Waals surface area contributed by atoms with Crippen LogP contribution in [-0.4, -0.2) is 37.0 Å². The zero-order valence-electron chi connectivity index (χ0n) is 7.92. The molecule has 0 saturated carbocycles. The number of hydrogen-bond donors (Lipinski definition) is 1. The Bertz CT molecular complexity index is 181. The number of nitrogens with one attached hydrogen (secondary N) is 1. The number of nitrogens with zero attached hydrogens (tertiary/aromatic N) is 1. The fourth-order valence-corrected chi connectivity index (χ4v) is 0.825. The third kappa shape index (κ3) is 5.75. The number of terminal acetylenes is 1. The first kappa shape index (κ1) is 11.0. The molecule has 0 aromatic rings. The highest BCUT2D eigenvalue weighted by atomic mass is 16.2. The van der Waals surface area contributed by atoms with E-state index in [4.69, 9.17) is 6.42 Å². The van der Waals surface area contributed by atoms with Crippen molar-refractivity contribution in [3.05, 3.63) is 0 Å². The summed E-state index contributed by atoms with van der Waals surface area (Å²) in [7, 11) is 1.82. The van der Waals surface area contributed by atoms with Gasteiger partial charge in [0.25, 0.3) is 0 Å². The summed E-state index contributed by atoms with van der Waals surface area (Å²) in [4.78, 5) is 12.9. The largest absolute Gasteiger partial charge is 0.353 e. The van der Waals surface area contributed by atoms with Gasteiger partial charge in [-0.25, -0.2) is 0 Å². The van der Waals surface area contributed by atoms with Crippen molar-refractivity contribution in [2.24, 2.45) is 0 Å². The SMILES string of the molecule is C#CCN(C)CC(=O)NC(C)C. The van der Waals surface area contributed by atoms with Crippen molar-refractivity contribution in [2.45, 2.75) is 19.9 Å². The van der Waals surface area contributed by atoms with Crippen LogP contribution in [0.15, 0.2) is 0 Å². The first-order chi connectivity index (χ1) is 5.56. The highest BCUT2D eigenvalue weighted by Crippen LogP contribution is 1.82. The van der Waals surface area contributed by atoms with Crippen LogP contribution in [0.25, 0.3) is 0 Å². The lowest BCUT2D eigenvalue weighted by Gasteiger charge is -2.14. The van der Waals surface area contributed by atoms with Crippen LogP contribution in [0.2, 0.25) is 0 Å². The minimum Gasteiger partial charge on any atom is -0.353 e. The molecular weight excluding hydrogens is 152 g/mol. The van der Waals surface area contributed by atoms with E-state index in [1.165, 1.54) is 0 Å². The number of rotatable bonds is 4. The third-order valence-corrected chi connectivity index (χ3v) is 1.22. The standard InChI is InChI=1S/C9H16N2O/c1-5-6-11(4)7-9(12)10-8(2)3/h1,8H,6-7H2,2-4H3,(H,10,12). The second kappa shape index (κ2) is 5.62. The number of amides is 1. The molecule has 0 rings (SSSR count). The molecule has 0 unspecified atom stereocenters. The second-order valence-corrected chi connectivity index (χ2v) is 3.10. The van der Waals surface area contributed by atoms with Crippen molar-refractivity contribution >= 4 is 5.91 Å². The lowest BCUT2D eigenvalue weighted by atomic mass is 10.4. The van der Waals surface area contributed by atoms with Gasteiger partial charge in [-0.3, -0.25) is 9.69 Å². The van der Waals surface area contributed by atoms with Crippen molar-refractivity contribution < 1.29 is 4.79 Å².